The van der Waals surface area contributed by atoms with Gasteiger partial charge in [0.15, 0.2) is 0 Å². The molecule has 1 saturated carbocycles. The molecule has 2 aliphatic rings. The normalized spacial score (nSPS) is 21.3. The summed E-state index contributed by atoms with van der Waals surface area (Å²) in [7, 11) is 0. The van der Waals surface area contributed by atoms with Crippen molar-refractivity contribution in [1.29, 1.82) is 0 Å². The first kappa shape index (κ1) is 16.5. The Morgan fingerprint density at radius 3 is 2.62 bits per heavy atom. The molecule has 1 atom stereocenters. The number of nitrogens with zero attached hydrogens (tertiary/aromatic N) is 1. The highest BCUT2D eigenvalue weighted by Crippen LogP contribution is 2.30. The van der Waals surface area contributed by atoms with Gasteiger partial charge in [0, 0.05) is 19.0 Å². The monoisotopic (exact) mass is 330 g/mol. The predicted molar refractivity (Wildman–Crippen MR) is 88.8 cm³/mol. The van der Waals surface area contributed by atoms with Gasteiger partial charge in [0.1, 0.15) is 0 Å². The van der Waals surface area contributed by atoms with Gasteiger partial charge in [0.05, 0.1) is 17.2 Å². The van der Waals surface area contributed by atoms with Gasteiger partial charge in [0.2, 0.25) is 11.8 Å². The molecule has 1 aromatic carbocycles. The fourth-order valence-corrected chi connectivity index (χ4v) is 3.65. The fraction of sp³-hybridized carbons (Fsp3) is 0.500. The van der Waals surface area contributed by atoms with Crippen LogP contribution in [0.3, 0.4) is 0 Å². The summed E-state index contributed by atoms with van der Waals surface area (Å²) in [4.78, 5) is 37.9. The van der Waals surface area contributed by atoms with Crippen LogP contribution in [0.5, 0.6) is 0 Å². The molecule has 128 valence electrons. The topological polar surface area (TPSA) is 86.7 Å². The molecule has 24 heavy (non-hydrogen) atoms. The van der Waals surface area contributed by atoms with Crippen molar-refractivity contribution < 1.29 is 19.5 Å². The number of carboxylic acid groups (broad SMARTS) is 1. The van der Waals surface area contributed by atoms with Crippen LogP contribution in [0.1, 0.15) is 48.0 Å². The second-order valence-corrected chi connectivity index (χ2v) is 6.73. The summed E-state index contributed by atoms with van der Waals surface area (Å²) in [6.07, 6.45) is 4.51. The maximum atomic E-state index is 12.5. The van der Waals surface area contributed by atoms with Crippen molar-refractivity contribution in [3.63, 3.8) is 0 Å². The molecule has 1 aromatic rings. The quantitative estimate of drug-likeness (QED) is 0.887. The van der Waals surface area contributed by atoms with Gasteiger partial charge in [-0.15, -0.1) is 0 Å². The third-order valence-electron chi connectivity index (χ3n) is 4.96. The van der Waals surface area contributed by atoms with Gasteiger partial charge in [-0.25, -0.2) is 4.79 Å². The van der Waals surface area contributed by atoms with Gasteiger partial charge in [0.25, 0.3) is 0 Å². The van der Waals surface area contributed by atoms with E-state index >= 15 is 0 Å². The van der Waals surface area contributed by atoms with Crippen molar-refractivity contribution in [3.05, 3.63) is 29.3 Å². The van der Waals surface area contributed by atoms with Gasteiger partial charge in [-0.2, -0.15) is 0 Å². The largest absolute Gasteiger partial charge is 0.478 e. The van der Waals surface area contributed by atoms with E-state index in [0.29, 0.717) is 6.54 Å². The maximum absolute atomic E-state index is 12.5. The zero-order chi connectivity index (χ0) is 17.3. The highest BCUT2D eigenvalue weighted by Gasteiger charge is 2.38. The molecule has 6 nitrogen and oxygen atoms in total. The van der Waals surface area contributed by atoms with Crippen LogP contribution in [-0.2, 0) is 9.59 Å². The molecule has 2 N–H and O–H groups in total. The average Bonchev–Trinajstić information content (AvgIpc) is 3.17. The lowest BCUT2D eigenvalue weighted by molar-refractivity contribution is -0.129. The number of rotatable bonds is 4. The molecule has 2 amide bonds. The van der Waals surface area contributed by atoms with Crippen LogP contribution in [0, 0.1) is 12.8 Å². The van der Waals surface area contributed by atoms with Gasteiger partial charge in [-0.3, -0.25) is 9.59 Å². The first-order chi connectivity index (χ1) is 11.5. The van der Waals surface area contributed by atoms with E-state index in [4.69, 9.17) is 0 Å². The van der Waals surface area contributed by atoms with Crippen molar-refractivity contribution in [2.45, 2.75) is 45.1 Å². The van der Waals surface area contributed by atoms with E-state index in [1.807, 2.05) is 4.90 Å². The lowest BCUT2D eigenvalue weighted by Gasteiger charge is -2.23. The summed E-state index contributed by atoms with van der Waals surface area (Å²) >= 11 is 0. The van der Waals surface area contributed by atoms with Crippen molar-refractivity contribution in [3.8, 4) is 0 Å². The van der Waals surface area contributed by atoms with Crippen LogP contribution in [0.25, 0.3) is 0 Å². The van der Waals surface area contributed by atoms with E-state index in [9.17, 15) is 19.5 Å². The van der Waals surface area contributed by atoms with Crippen molar-refractivity contribution in [1.82, 2.24) is 4.90 Å². The van der Waals surface area contributed by atoms with Gasteiger partial charge in [-0.1, -0.05) is 24.5 Å². The minimum atomic E-state index is -1.08. The first-order valence-electron chi connectivity index (χ1n) is 8.40. The summed E-state index contributed by atoms with van der Waals surface area (Å²) in [5.41, 5.74) is 1.17. The molecule has 1 heterocycles. The van der Waals surface area contributed by atoms with E-state index in [2.05, 4.69) is 5.32 Å². The Kier molecular flexibility index (Phi) is 4.55. The third-order valence-corrected chi connectivity index (χ3v) is 4.96. The number of benzene rings is 1. The van der Waals surface area contributed by atoms with Gasteiger partial charge < -0.3 is 15.3 Å². The molecule has 1 saturated heterocycles. The molecule has 3 rings (SSSR count). The number of aryl methyl sites for hydroxylation is 1. The van der Waals surface area contributed by atoms with Gasteiger partial charge in [-0.05, 0) is 31.9 Å². The summed E-state index contributed by atoms with van der Waals surface area (Å²) in [5, 5.41) is 12.0. The zero-order valence-electron chi connectivity index (χ0n) is 13.7. The lowest BCUT2D eigenvalue weighted by Crippen LogP contribution is -2.35. The Morgan fingerprint density at radius 1 is 1.25 bits per heavy atom. The third kappa shape index (κ3) is 3.27. The summed E-state index contributed by atoms with van der Waals surface area (Å²) in [6.45, 7) is 2.23. The molecular formula is C18H22N2O4. The first-order valence-corrected chi connectivity index (χ1v) is 8.40. The number of carbonyl (C=O) groups is 3. The van der Waals surface area contributed by atoms with E-state index in [1.54, 1.807) is 19.1 Å². The zero-order valence-corrected chi connectivity index (χ0v) is 13.7. The molecule has 0 radical (unpaired) electrons. The summed E-state index contributed by atoms with van der Waals surface area (Å²) in [6, 6.07) is 5.15. The Bertz CT molecular complexity index is 680. The van der Waals surface area contributed by atoms with Crippen LogP contribution in [0.15, 0.2) is 18.2 Å². The Hall–Kier alpha value is -2.37. The highest BCUT2D eigenvalue weighted by molar-refractivity contribution is 6.03. The molecule has 6 heteroatoms. The number of likely N-dealkylation sites (tertiary alicyclic amines) is 1. The number of nitrogens with one attached hydrogen (secondary N) is 1. The summed E-state index contributed by atoms with van der Waals surface area (Å²) in [5.74, 6) is -1.75. The number of anilines is 1. The molecule has 0 aromatic heterocycles. The van der Waals surface area contributed by atoms with Gasteiger partial charge >= 0.3 is 5.97 Å². The molecule has 0 bridgehead atoms. The molecule has 1 aliphatic heterocycles. The molecule has 0 spiro atoms. The minimum Gasteiger partial charge on any atom is -0.478 e. The van der Waals surface area contributed by atoms with E-state index in [0.717, 1.165) is 31.2 Å². The lowest BCUT2D eigenvalue weighted by atomic mass is 10.1. The molecule has 1 aliphatic carbocycles. The molecule has 2 fully saturated rings. The molecule has 1 unspecified atom stereocenters. The molecular weight excluding hydrogens is 308 g/mol. The number of carbonyl (C=O) groups excluding carboxylic acids is 2. The Balaban J connectivity index is 1.70. The van der Waals surface area contributed by atoms with Crippen LogP contribution in [-0.4, -0.2) is 40.4 Å². The second kappa shape index (κ2) is 6.63. The second-order valence-electron chi connectivity index (χ2n) is 6.73. The van der Waals surface area contributed by atoms with Crippen LogP contribution < -0.4 is 5.32 Å². The standard InChI is InChI=1S/C18H22N2O4/c1-11-6-7-15(14(8-11)18(23)24)19-17(22)12-9-16(21)20(10-12)13-4-2-3-5-13/h6-8,12-13H,2-5,9-10H2,1H3,(H,19,22)(H,23,24). The van der Waals surface area contributed by atoms with E-state index in [1.165, 1.54) is 6.07 Å². The summed E-state index contributed by atoms with van der Waals surface area (Å²) < 4.78 is 0. The maximum Gasteiger partial charge on any atom is 0.337 e. The fourth-order valence-electron chi connectivity index (χ4n) is 3.65. The Labute approximate surface area is 140 Å². The van der Waals surface area contributed by atoms with Crippen molar-refractivity contribution in [2.24, 2.45) is 5.92 Å². The number of aromatic carboxylic acids is 1. The average molecular weight is 330 g/mol. The van der Waals surface area contributed by atoms with Crippen molar-refractivity contribution >= 4 is 23.5 Å². The van der Waals surface area contributed by atoms with E-state index < -0.39 is 11.9 Å². The highest BCUT2D eigenvalue weighted by atomic mass is 16.4. The van der Waals surface area contributed by atoms with Crippen LogP contribution in [0.4, 0.5) is 5.69 Å². The SMILES string of the molecule is Cc1ccc(NC(=O)C2CC(=O)N(C3CCCC3)C2)c(C(=O)O)c1. The number of hydrogen-bond acceptors (Lipinski definition) is 3. The van der Waals surface area contributed by atoms with Crippen LogP contribution >= 0.6 is 0 Å². The van der Waals surface area contributed by atoms with Crippen molar-refractivity contribution in [2.75, 3.05) is 11.9 Å². The number of hydrogen-bond donors (Lipinski definition) is 2. The Morgan fingerprint density at radius 2 is 1.96 bits per heavy atom. The van der Waals surface area contributed by atoms with Crippen LogP contribution in [0.2, 0.25) is 0 Å². The smallest absolute Gasteiger partial charge is 0.337 e. The number of carboxylic acids is 1. The predicted octanol–water partition coefficient (Wildman–Crippen LogP) is 2.42. The number of amides is 2. The van der Waals surface area contributed by atoms with E-state index in [-0.39, 0.29) is 35.5 Å². The minimum absolute atomic E-state index is 0.0319.